The third kappa shape index (κ3) is 9.24. The van der Waals surface area contributed by atoms with Crippen molar-refractivity contribution in [1.82, 2.24) is 0 Å². The fourth-order valence-electron chi connectivity index (χ4n) is 0.585. The topological polar surface area (TPSA) is 29.5 Å². The van der Waals surface area contributed by atoms with Crippen LogP contribution in [0, 0.1) is 0 Å². The first-order valence-electron chi connectivity index (χ1n) is 3.90. The molecule has 11 heavy (non-hydrogen) atoms. The van der Waals surface area contributed by atoms with Crippen LogP contribution in [0.3, 0.4) is 0 Å². The molecule has 1 N–H and O–H groups in total. The van der Waals surface area contributed by atoms with Crippen LogP contribution < -0.4 is 0 Å². The zero-order valence-electron chi connectivity index (χ0n) is 6.83. The predicted molar refractivity (Wildman–Crippen MR) is 46.2 cm³/mol. The molecule has 0 aromatic heterocycles. The highest BCUT2D eigenvalue weighted by atomic mass is 16.5. The van der Waals surface area contributed by atoms with E-state index in [9.17, 15) is 0 Å². The SMILES string of the molecule is C=CCC=COCCCCO. The summed E-state index contributed by atoms with van der Waals surface area (Å²) in [6.07, 6.45) is 7.98. The molecule has 0 heterocycles. The van der Waals surface area contributed by atoms with Crippen LogP contribution in [-0.2, 0) is 4.74 Å². The maximum absolute atomic E-state index is 8.42. The summed E-state index contributed by atoms with van der Waals surface area (Å²) in [5, 5.41) is 8.42. The molecule has 0 bridgehead atoms. The third-order valence-corrected chi connectivity index (χ3v) is 1.17. The minimum atomic E-state index is 0.250. The zero-order chi connectivity index (χ0) is 8.36. The first kappa shape index (κ1) is 10.2. The van der Waals surface area contributed by atoms with E-state index in [1.165, 1.54) is 0 Å². The number of hydrogen-bond donors (Lipinski definition) is 1. The predicted octanol–water partition coefficient (Wildman–Crippen LogP) is 1.87. The number of unbranched alkanes of at least 4 members (excludes halogenated alkanes) is 1. The lowest BCUT2D eigenvalue weighted by Crippen LogP contribution is -1.89. The van der Waals surface area contributed by atoms with Gasteiger partial charge in [0, 0.05) is 6.61 Å². The van der Waals surface area contributed by atoms with Gasteiger partial charge < -0.3 is 9.84 Å². The van der Waals surface area contributed by atoms with Gasteiger partial charge in [0.05, 0.1) is 12.9 Å². The Balaban J connectivity index is 2.94. The average Bonchev–Trinajstić information content (AvgIpc) is 2.03. The van der Waals surface area contributed by atoms with Crippen molar-refractivity contribution in [3.05, 3.63) is 25.0 Å². The van der Waals surface area contributed by atoms with Crippen molar-refractivity contribution >= 4 is 0 Å². The standard InChI is InChI=1S/C9H16O2/c1-2-3-5-8-11-9-6-4-7-10/h2,5,8,10H,1,3-4,6-7,9H2. The maximum Gasteiger partial charge on any atom is 0.0874 e. The summed E-state index contributed by atoms with van der Waals surface area (Å²) < 4.78 is 5.10. The van der Waals surface area contributed by atoms with Crippen LogP contribution >= 0.6 is 0 Å². The molecular weight excluding hydrogens is 140 g/mol. The molecule has 0 saturated carbocycles. The molecule has 0 aromatic carbocycles. The summed E-state index contributed by atoms with van der Waals surface area (Å²) >= 11 is 0. The molecule has 0 rings (SSSR count). The second-order valence-corrected chi connectivity index (χ2v) is 2.20. The summed E-state index contributed by atoms with van der Waals surface area (Å²) in [7, 11) is 0. The van der Waals surface area contributed by atoms with E-state index in [1.54, 1.807) is 6.26 Å². The third-order valence-electron chi connectivity index (χ3n) is 1.17. The lowest BCUT2D eigenvalue weighted by molar-refractivity contribution is 0.218. The molecule has 0 unspecified atom stereocenters. The van der Waals surface area contributed by atoms with Crippen molar-refractivity contribution < 1.29 is 9.84 Å². The van der Waals surface area contributed by atoms with Gasteiger partial charge in [-0.05, 0) is 25.3 Å². The van der Waals surface area contributed by atoms with Gasteiger partial charge in [0.2, 0.25) is 0 Å². The molecule has 0 atom stereocenters. The molecule has 0 radical (unpaired) electrons. The Bertz CT molecular complexity index is 108. The molecule has 2 nitrogen and oxygen atoms in total. The van der Waals surface area contributed by atoms with Crippen LogP contribution in [0.1, 0.15) is 19.3 Å². The molecule has 0 spiro atoms. The van der Waals surface area contributed by atoms with E-state index >= 15 is 0 Å². The van der Waals surface area contributed by atoms with Crippen molar-refractivity contribution in [1.29, 1.82) is 0 Å². The maximum atomic E-state index is 8.42. The second-order valence-electron chi connectivity index (χ2n) is 2.20. The van der Waals surface area contributed by atoms with Crippen molar-refractivity contribution in [2.45, 2.75) is 19.3 Å². The lowest BCUT2D eigenvalue weighted by atomic mass is 10.3. The normalized spacial score (nSPS) is 10.3. The Labute approximate surface area is 68.2 Å². The fraction of sp³-hybridized carbons (Fsp3) is 0.556. The summed E-state index contributed by atoms with van der Waals surface area (Å²) in [6, 6.07) is 0. The van der Waals surface area contributed by atoms with Crippen molar-refractivity contribution in [3.63, 3.8) is 0 Å². The second kappa shape index (κ2) is 9.24. The Morgan fingerprint density at radius 1 is 1.36 bits per heavy atom. The van der Waals surface area contributed by atoms with Crippen molar-refractivity contribution in [3.8, 4) is 0 Å². The van der Waals surface area contributed by atoms with Gasteiger partial charge in [0.1, 0.15) is 0 Å². The first-order chi connectivity index (χ1) is 5.41. The van der Waals surface area contributed by atoms with Crippen LogP contribution in [0.15, 0.2) is 25.0 Å². The summed E-state index contributed by atoms with van der Waals surface area (Å²) in [5.41, 5.74) is 0. The largest absolute Gasteiger partial charge is 0.502 e. The fourth-order valence-corrected chi connectivity index (χ4v) is 0.585. The molecule has 0 aliphatic heterocycles. The Morgan fingerprint density at radius 2 is 2.18 bits per heavy atom. The molecular formula is C9H16O2. The number of aliphatic hydroxyl groups is 1. The Hall–Kier alpha value is -0.760. The molecule has 0 fully saturated rings. The number of rotatable bonds is 7. The van der Waals surface area contributed by atoms with Gasteiger partial charge in [-0.1, -0.05) is 6.08 Å². The molecule has 0 aliphatic carbocycles. The van der Waals surface area contributed by atoms with E-state index in [2.05, 4.69) is 6.58 Å². The quantitative estimate of drug-likeness (QED) is 0.346. The van der Waals surface area contributed by atoms with Gasteiger partial charge in [-0.2, -0.15) is 0 Å². The van der Waals surface area contributed by atoms with Gasteiger partial charge in [0.15, 0.2) is 0 Å². The van der Waals surface area contributed by atoms with Gasteiger partial charge in [-0.25, -0.2) is 0 Å². The summed E-state index contributed by atoms with van der Waals surface area (Å²) in [5.74, 6) is 0. The van der Waals surface area contributed by atoms with Gasteiger partial charge in [-0.15, -0.1) is 6.58 Å². The van der Waals surface area contributed by atoms with Crippen LogP contribution in [0.5, 0.6) is 0 Å². The van der Waals surface area contributed by atoms with E-state index in [-0.39, 0.29) is 6.61 Å². The highest BCUT2D eigenvalue weighted by Gasteiger charge is 1.83. The Morgan fingerprint density at radius 3 is 2.82 bits per heavy atom. The average molecular weight is 156 g/mol. The lowest BCUT2D eigenvalue weighted by Gasteiger charge is -1.97. The van der Waals surface area contributed by atoms with E-state index in [1.807, 2.05) is 12.2 Å². The van der Waals surface area contributed by atoms with Crippen molar-refractivity contribution in [2.24, 2.45) is 0 Å². The molecule has 0 aromatic rings. The van der Waals surface area contributed by atoms with Crippen LogP contribution in [0.4, 0.5) is 0 Å². The van der Waals surface area contributed by atoms with Gasteiger partial charge >= 0.3 is 0 Å². The van der Waals surface area contributed by atoms with Crippen molar-refractivity contribution in [2.75, 3.05) is 13.2 Å². The summed E-state index contributed by atoms with van der Waals surface area (Å²) in [4.78, 5) is 0. The minimum absolute atomic E-state index is 0.250. The molecule has 64 valence electrons. The van der Waals surface area contributed by atoms with Crippen LogP contribution in [-0.4, -0.2) is 18.3 Å². The van der Waals surface area contributed by atoms with Crippen LogP contribution in [0.25, 0.3) is 0 Å². The molecule has 0 aliphatic rings. The highest BCUT2D eigenvalue weighted by Crippen LogP contribution is 1.90. The smallest absolute Gasteiger partial charge is 0.0874 e. The number of hydrogen-bond acceptors (Lipinski definition) is 2. The molecule has 0 saturated heterocycles. The van der Waals surface area contributed by atoms with E-state index in [0.29, 0.717) is 6.61 Å². The van der Waals surface area contributed by atoms with E-state index in [4.69, 9.17) is 9.84 Å². The van der Waals surface area contributed by atoms with E-state index in [0.717, 1.165) is 19.3 Å². The van der Waals surface area contributed by atoms with E-state index < -0.39 is 0 Å². The molecule has 2 heteroatoms. The monoisotopic (exact) mass is 156 g/mol. The number of ether oxygens (including phenoxy) is 1. The van der Waals surface area contributed by atoms with Gasteiger partial charge in [0.25, 0.3) is 0 Å². The number of allylic oxidation sites excluding steroid dienone is 2. The zero-order valence-corrected chi connectivity index (χ0v) is 6.83. The highest BCUT2D eigenvalue weighted by molar-refractivity contribution is 4.83. The van der Waals surface area contributed by atoms with Crippen LogP contribution in [0.2, 0.25) is 0 Å². The van der Waals surface area contributed by atoms with Gasteiger partial charge in [-0.3, -0.25) is 0 Å². The first-order valence-corrected chi connectivity index (χ1v) is 3.90. The summed E-state index contributed by atoms with van der Waals surface area (Å²) in [6.45, 7) is 4.51. The minimum Gasteiger partial charge on any atom is -0.502 e. The molecule has 0 amide bonds. The number of aliphatic hydroxyl groups excluding tert-OH is 1. The Kier molecular flexibility index (Phi) is 8.60.